The summed E-state index contributed by atoms with van der Waals surface area (Å²) in [5, 5.41) is 8.85. The van der Waals surface area contributed by atoms with Crippen molar-refractivity contribution in [1.82, 2.24) is 10.6 Å². The summed E-state index contributed by atoms with van der Waals surface area (Å²) in [7, 11) is 1.60. The van der Waals surface area contributed by atoms with Gasteiger partial charge in [-0.25, -0.2) is 0 Å². The van der Waals surface area contributed by atoms with Crippen molar-refractivity contribution >= 4 is 63.7 Å². The highest BCUT2D eigenvalue weighted by Crippen LogP contribution is 2.29. The number of unbranched alkanes of at least 4 members (excludes halogenated alkanes) is 12. The molecule has 0 spiro atoms. The van der Waals surface area contributed by atoms with Crippen LogP contribution < -0.4 is 20.7 Å². The van der Waals surface area contributed by atoms with Gasteiger partial charge in [0.05, 0.1) is 7.11 Å². The van der Waals surface area contributed by atoms with Gasteiger partial charge in [0, 0.05) is 12.1 Å². The van der Waals surface area contributed by atoms with Crippen molar-refractivity contribution < 1.29 is 9.53 Å². The number of rotatable bonds is 18. The molecule has 0 bridgehead atoms. The zero-order chi connectivity index (χ0) is 25.9. The van der Waals surface area contributed by atoms with Crippen molar-refractivity contribution in [3.8, 4) is 5.75 Å². The third-order valence-corrected chi connectivity index (χ3v) is 6.64. The van der Waals surface area contributed by atoms with Crippen LogP contribution in [0.1, 0.15) is 96.8 Å². The van der Waals surface area contributed by atoms with E-state index >= 15 is 0 Å². The number of ether oxygens (including phenoxy) is 1. The molecular weight excluding hydrogens is 525 g/mol. The minimum Gasteiger partial charge on any atom is -0.497 e. The van der Waals surface area contributed by atoms with Crippen molar-refractivity contribution in [3.63, 3.8) is 0 Å². The van der Waals surface area contributed by atoms with Crippen LogP contribution in [0.5, 0.6) is 5.75 Å². The number of amides is 1. The van der Waals surface area contributed by atoms with Gasteiger partial charge in [-0.1, -0.05) is 119 Å². The van der Waals surface area contributed by atoms with Gasteiger partial charge in [0.2, 0.25) is 9.70 Å². The van der Waals surface area contributed by atoms with E-state index in [0.717, 1.165) is 30.7 Å². The molecule has 1 rings (SSSR count). The number of thiocarbonyl (C=S) groups is 1. The molecule has 9 heteroatoms. The Labute approximate surface area is 232 Å². The van der Waals surface area contributed by atoms with Gasteiger partial charge in [0.15, 0.2) is 5.11 Å². The summed E-state index contributed by atoms with van der Waals surface area (Å²) in [6.45, 7) is 2.25. The van der Waals surface area contributed by atoms with E-state index in [1.54, 1.807) is 19.2 Å². The lowest BCUT2D eigenvalue weighted by molar-refractivity contribution is -0.122. The lowest BCUT2D eigenvalue weighted by Crippen LogP contribution is -2.56. The summed E-state index contributed by atoms with van der Waals surface area (Å²) >= 11 is 23.5. The molecule has 200 valence electrons. The fraction of sp³-hybridized carbons (Fsp3) is 0.692. The first-order valence-corrected chi connectivity index (χ1v) is 14.4. The normalized spacial score (nSPS) is 12.1. The van der Waals surface area contributed by atoms with Crippen LogP contribution in [-0.2, 0) is 4.79 Å². The average Bonchev–Trinajstić information content (AvgIpc) is 2.81. The molecule has 5 nitrogen and oxygen atoms in total. The van der Waals surface area contributed by atoms with Crippen LogP contribution in [0.3, 0.4) is 0 Å². The van der Waals surface area contributed by atoms with Crippen LogP contribution in [0.25, 0.3) is 0 Å². The van der Waals surface area contributed by atoms with Gasteiger partial charge >= 0.3 is 0 Å². The second-order valence-electron chi connectivity index (χ2n) is 8.86. The molecule has 1 amide bonds. The minimum absolute atomic E-state index is 0.177. The SMILES string of the molecule is CCCCCCCCCCCCCCCC(=O)N[C@H](NC(=S)Nc1ccc(OC)cc1)C(Cl)(Cl)Cl. The maximum atomic E-state index is 12.4. The maximum absolute atomic E-state index is 12.4. The standard InChI is InChI=1S/C26H42Cl3N3O2S/c1-3-4-5-6-7-8-9-10-11-12-13-14-15-16-23(33)31-24(26(27,28)29)32-25(35)30-21-17-19-22(34-2)20-18-21/h17-20,24H,3-16H2,1-2H3,(H,31,33)(H2,30,32,35)/t24-/m1/s1. The summed E-state index contributed by atoms with van der Waals surface area (Å²) in [4.78, 5) is 12.4. The van der Waals surface area contributed by atoms with Crippen LogP contribution in [0.4, 0.5) is 5.69 Å². The molecule has 1 aromatic rings. The van der Waals surface area contributed by atoms with E-state index in [-0.39, 0.29) is 11.0 Å². The van der Waals surface area contributed by atoms with E-state index in [2.05, 4.69) is 22.9 Å². The molecule has 0 radical (unpaired) electrons. The van der Waals surface area contributed by atoms with Crippen LogP contribution >= 0.6 is 47.0 Å². The lowest BCUT2D eigenvalue weighted by Gasteiger charge is -2.27. The molecule has 35 heavy (non-hydrogen) atoms. The summed E-state index contributed by atoms with van der Waals surface area (Å²) < 4.78 is 3.37. The van der Waals surface area contributed by atoms with E-state index < -0.39 is 9.96 Å². The predicted octanol–water partition coefficient (Wildman–Crippen LogP) is 8.28. The highest BCUT2D eigenvalue weighted by molar-refractivity contribution is 7.80. The van der Waals surface area contributed by atoms with Crippen molar-refractivity contribution in [3.05, 3.63) is 24.3 Å². The molecule has 0 unspecified atom stereocenters. The van der Waals surface area contributed by atoms with Gasteiger partial charge in [0.25, 0.3) is 0 Å². The molecule has 0 aliphatic carbocycles. The molecule has 0 fully saturated rings. The maximum Gasteiger partial charge on any atom is 0.228 e. The first-order chi connectivity index (χ1) is 16.8. The van der Waals surface area contributed by atoms with Gasteiger partial charge < -0.3 is 20.7 Å². The van der Waals surface area contributed by atoms with Gasteiger partial charge in [-0.3, -0.25) is 4.79 Å². The van der Waals surface area contributed by atoms with Gasteiger partial charge in [-0.15, -0.1) is 0 Å². The zero-order valence-electron chi connectivity index (χ0n) is 21.1. The van der Waals surface area contributed by atoms with Crippen LogP contribution in [0, 0.1) is 0 Å². The number of benzene rings is 1. The first-order valence-electron chi connectivity index (χ1n) is 12.8. The van der Waals surface area contributed by atoms with Crippen LogP contribution in [0.15, 0.2) is 24.3 Å². The van der Waals surface area contributed by atoms with Gasteiger partial charge in [-0.05, 0) is 42.9 Å². The van der Waals surface area contributed by atoms with Gasteiger partial charge in [-0.2, -0.15) is 0 Å². The Morgan fingerprint density at radius 3 is 1.80 bits per heavy atom. The van der Waals surface area contributed by atoms with Crippen molar-refractivity contribution in [2.24, 2.45) is 0 Å². The number of carbonyl (C=O) groups excluding carboxylic acids is 1. The molecule has 0 aliphatic heterocycles. The fourth-order valence-electron chi connectivity index (χ4n) is 3.71. The van der Waals surface area contributed by atoms with Crippen LogP contribution in [0.2, 0.25) is 0 Å². The summed E-state index contributed by atoms with van der Waals surface area (Å²) in [6, 6.07) is 7.22. The topological polar surface area (TPSA) is 62.4 Å². The Bertz CT molecular complexity index is 715. The Kier molecular flexibility index (Phi) is 17.6. The van der Waals surface area contributed by atoms with E-state index in [1.165, 1.54) is 64.2 Å². The fourth-order valence-corrected chi connectivity index (χ4v) is 4.27. The van der Waals surface area contributed by atoms with Crippen molar-refractivity contribution in [1.29, 1.82) is 0 Å². The number of methoxy groups -OCH3 is 1. The molecule has 0 saturated heterocycles. The molecule has 0 heterocycles. The molecule has 0 aliphatic rings. The monoisotopic (exact) mass is 565 g/mol. The Morgan fingerprint density at radius 1 is 0.857 bits per heavy atom. The van der Waals surface area contributed by atoms with Crippen molar-refractivity contribution in [2.45, 2.75) is 107 Å². The number of nitrogens with one attached hydrogen (secondary N) is 3. The smallest absolute Gasteiger partial charge is 0.228 e. The number of anilines is 1. The molecule has 1 aromatic carbocycles. The third-order valence-electron chi connectivity index (χ3n) is 5.76. The Balaban J connectivity index is 2.20. The predicted molar refractivity (Wildman–Crippen MR) is 155 cm³/mol. The van der Waals surface area contributed by atoms with E-state index in [0.29, 0.717) is 6.42 Å². The Morgan fingerprint density at radius 2 is 1.34 bits per heavy atom. The van der Waals surface area contributed by atoms with E-state index in [4.69, 9.17) is 51.8 Å². The largest absolute Gasteiger partial charge is 0.497 e. The number of hydrogen-bond acceptors (Lipinski definition) is 3. The minimum atomic E-state index is -1.77. The second-order valence-corrected chi connectivity index (χ2v) is 11.6. The summed E-state index contributed by atoms with van der Waals surface area (Å²) in [5.74, 6) is 0.554. The first kappa shape index (κ1) is 32.1. The molecule has 0 aromatic heterocycles. The number of hydrogen-bond donors (Lipinski definition) is 3. The summed E-state index contributed by atoms with van der Waals surface area (Å²) in [6.07, 6.45) is 15.7. The van der Waals surface area contributed by atoms with Crippen LogP contribution in [-0.4, -0.2) is 28.1 Å². The van der Waals surface area contributed by atoms with Gasteiger partial charge in [0.1, 0.15) is 11.9 Å². The number of carbonyl (C=O) groups is 1. The molecular formula is C26H42Cl3N3O2S. The molecule has 1 atom stereocenters. The quantitative estimate of drug-likeness (QED) is 0.0722. The molecule has 3 N–H and O–H groups in total. The van der Waals surface area contributed by atoms with E-state index in [1.807, 2.05) is 12.1 Å². The third kappa shape index (κ3) is 16.4. The number of halogens is 3. The average molecular weight is 567 g/mol. The number of alkyl halides is 3. The molecule has 0 saturated carbocycles. The highest BCUT2D eigenvalue weighted by Gasteiger charge is 2.34. The highest BCUT2D eigenvalue weighted by atomic mass is 35.6. The summed E-state index contributed by atoms with van der Waals surface area (Å²) in [5.41, 5.74) is 0.740. The van der Waals surface area contributed by atoms with Crippen molar-refractivity contribution in [2.75, 3.05) is 12.4 Å². The second kappa shape index (κ2) is 19.2. The van der Waals surface area contributed by atoms with E-state index in [9.17, 15) is 4.79 Å². The lowest BCUT2D eigenvalue weighted by atomic mass is 10.0. The zero-order valence-corrected chi connectivity index (χ0v) is 24.2. The Hall–Kier alpha value is -0.950.